The van der Waals surface area contributed by atoms with Gasteiger partial charge in [0.1, 0.15) is 22.5 Å². The summed E-state index contributed by atoms with van der Waals surface area (Å²) < 4.78 is 39.5. The quantitative estimate of drug-likeness (QED) is 0.713. The average Bonchev–Trinajstić information content (AvgIpc) is 3.28. The molecule has 2 aliphatic heterocycles. The number of rotatable bonds is 3. The normalized spacial score (nSPS) is 28.1. The highest BCUT2D eigenvalue weighted by atomic mass is 32.2. The molecule has 3 aliphatic rings. The van der Waals surface area contributed by atoms with Gasteiger partial charge < -0.3 is 4.90 Å². The van der Waals surface area contributed by atoms with Crippen LogP contribution in [0.3, 0.4) is 0 Å². The number of alkyl halides is 3. The van der Waals surface area contributed by atoms with Crippen LogP contribution in [-0.4, -0.2) is 52.0 Å². The summed E-state index contributed by atoms with van der Waals surface area (Å²) in [5.41, 5.74) is -1.66. The molecular weight excluding hydrogens is 385 g/mol. The minimum absolute atomic E-state index is 0.507. The van der Waals surface area contributed by atoms with Crippen molar-refractivity contribution in [2.45, 2.75) is 35.5 Å². The molecule has 8 heteroatoms. The molecule has 1 aromatic carbocycles. The number of aliphatic imine (C=N–C) groups is 2. The fraction of sp³-hybridized carbons (Fsp3) is 0.350. The fourth-order valence-electron chi connectivity index (χ4n) is 4.21. The molecule has 1 fully saturated rings. The number of pyridine rings is 1. The standard InChI is InChI=1S/C20H17F3N4S/c1-3-28-16-13-7-5-4-6-12(13)9-24-15(16)17-26-18-8-14(20(21,22)23)25-11-19(18,10-18)27(17)2/h4-9,11H,3,10H2,1-2H3. The van der Waals surface area contributed by atoms with Crippen molar-refractivity contribution in [3.05, 3.63) is 47.9 Å². The van der Waals surface area contributed by atoms with Crippen molar-refractivity contribution >= 4 is 34.6 Å². The Balaban J connectivity index is 1.66. The Morgan fingerprint density at radius 1 is 1.25 bits per heavy atom. The van der Waals surface area contributed by atoms with Crippen molar-refractivity contribution < 1.29 is 13.2 Å². The third kappa shape index (κ3) is 2.24. The predicted octanol–water partition coefficient (Wildman–Crippen LogP) is 4.45. The van der Waals surface area contributed by atoms with Crippen LogP contribution in [0.25, 0.3) is 10.8 Å². The molecule has 0 spiro atoms. The van der Waals surface area contributed by atoms with Crippen molar-refractivity contribution in [2.24, 2.45) is 9.98 Å². The van der Waals surface area contributed by atoms with E-state index in [1.165, 1.54) is 12.3 Å². The molecule has 2 unspecified atom stereocenters. The van der Waals surface area contributed by atoms with Gasteiger partial charge in [0, 0.05) is 36.2 Å². The SMILES string of the molecule is CCSc1c(C2=NC34C=C(C(F)(F)F)N=CC3(C4)N2C)ncc2ccccc12. The van der Waals surface area contributed by atoms with Crippen molar-refractivity contribution in [1.29, 1.82) is 0 Å². The van der Waals surface area contributed by atoms with Gasteiger partial charge in [-0.25, -0.2) is 0 Å². The average molecular weight is 402 g/mol. The van der Waals surface area contributed by atoms with E-state index < -0.39 is 23.0 Å². The third-order valence-corrected chi connectivity index (χ3v) is 6.71. The van der Waals surface area contributed by atoms with Crippen molar-refractivity contribution in [2.75, 3.05) is 12.8 Å². The lowest BCUT2D eigenvalue weighted by Gasteiger charge is -2.26. The van der Waals surface area contributed by atoms with Crippen molar-refractivity contribution in [1.82, 2.24) is 9.88 Å². The topological polar surface area (TPSA) is 40.9 Å². The van der Waals surface area contributed by atoms with E-state index in [-0.39, 0.29) is 0 Å². The van der Waals surface area contributed by atoms with Crippen LogP contribution in [0, 0.1) is 0 Å². The van der Waals surface area contributed by atoms with Gasteiger partial charge in [0.2, 0.25) is 0 Å². The first-order valence-electron chi connectivity index (χ1n) is 9.01. The largest absolute Gasteiger partial charge is 0.433 e. The predicted molar refractivity (Wildman–Crippen MR) is 105 cm³/mol. The summed E-state index contributed by atoms with van der Waals surface area (Å²) in [7, 11) is 1.86. The number of fused-ring (bicyclic) bond motifs is 1. The number of allylic oxidation sites excluding steroid dienone is 1. The summed E-state index contributed by atoms with van der Waals surface area (Å²) >= 11 is 1.67. The Morgan fingerprint density at radius 2 is 2.04 bits per heavy atom. The summed E-state index contributed by atoms with van der Waals surface area (Å²) in [4.78, 5) is 16.1. The minimum atomic E-state index is -4.47. The summed E-state index contributed by atoms with van der Waals surface area (Å²) in [5, 5.41) is 2.11. The molecule has 0 amide bonds. The Bertz CT molecular complexity index is 1090. The van der Waals surface area contributed by atoms with Gasteiger partial charge in [0.05, 0.1) is 0 Å². The first-order chi connectivity index (χ1) is 13.3. The molecule has 4 nitrogen and oxygen atoms in total. The van der Waals surface area contributed by atoms with E-state index in [0.717, 1.165) is 27.1 Å². The van der Waals surface area contributed by atoms with Crippen LogP contribution >= 0.6 is 11.8 Å². The molecule has 2 aromatic rings. The highest BCUT2D eigenvalue weighted by Gasteiger charge is 2.75. The maximum Gasteiger partial charge on any atom is 0.433 e. The molecule has 1 aromatic heterocycles. The second-order valence-corrected chi connectivity index (χ2v) is 8.54. The second-order valence-electron chi connectivity index (χ2n) is 7.26. The van der Waals surface area contributed by atoms with E-state index in [9.17, 15) is 13.2 Å². The number of amidine groups is 1. The Morgan fingerprint density at radius 3 is 2.79 bits per heavy atom. The lowest BCUT2D eigenvalue weighted by atomic mass is 10.1. The van der Waals surface area contributed by atoms with Gasteiger partial charge in [-0.2, -0.15) is 13.2 Å². The number of likely N-dealkylation sites (N-methyl/N-ethyl adjacent to an activating group) is 1. The van der Waals surface area contributed by atoms with E-state index in [0.29, 0.717) is 12.3 Å². The van der Waals surface area contributed by atoms with E-state index in [1.807, 2.05) is 36.2 Å². The van der Waals surface area contributed by atoms with Gasteiger partial charge >= 0.3 is 6.18 Å². The Kier molecular flexibility index (Phi) is 3.54. The molecule has 144 valence electrons. The highest BCUT2D eigenvalue weighted by Crippen LogP contribution is 2.62. The number of thioether (sulfide) groups is 1. The second kappa shape index (κ2) is 5.59. The Hall–Kier alpha value is -2.35. The van der Waals surface area contributed by atoms with E-state index in [1.54, 1.807) is 18.0 Å². The minimum Gasteiger partial charge on any atom is -0.345 e. The van der Waals surface area contributed by atoms with E-state index >= 15 is 0 Å². The maximum atomic E-state index is 13.2. The molecule has 2 atom stereocenters. The maximum absolute atomic E-state index is 13.2. The molecule has 3 heterocycles. The zero-order valence-corrected chi connectivity index (χ0v) is 16.1. The van der Waals surface area contributed by atoms with Gasteiger partial charge in [0.25, 0.3) is 0 Å². The lowest BCUT2D eigenvalue weighted by molar-refractivity contribution is -0.0929. The highest BCUT2D eigenvalue weighted by molar-refractivity contribution is 7.99. The van der Waals surface area contributed by atoms with Gasteiger partial charge in [-0.05, 0) is 17.2 Å². The van der Waals surface area contributed by atoms with Gasteiger partial charge in [0.15, 0.2) is 5.84 Å². The Labute approximate surface area is 164 Å². The van der Waals surface area contributed by atoms with Crippen LogP contribution < -0.4 is 0 Å². The zero-order chi connectivity index (χ0) is 19.7. The summed E-state index contributed by atoms with van der Waals surface area (Å²) in [6.07, 6.45) is 0.438. The number of halogens is 3. The van der Waals surface area contributed by atoms with Crippen LogP contribution in [0.4, 0.5) is 13.2 Å². The van der Waals surface area contributed by atoms with Crippen LogP contribution in [-0.2, 0) is 0 Å². The number of benzene rings is 1. The summed E-state index contributed by atoms with van der Waals surface area (Å²) in [5.74, 6) is 1.48. The zero-order valence-electron chi connectivity index (χ0n) is 15.3. The van der Waals surface area contributed by atoms with Gasteiger partial charge in [-0.1, -0.05) is 31.2 Å². The van der Waals surface area contributed by atoms with E-state index in [4.69, 9.17) is 4.99 Å². The van der Waals surface area contributed by atoms with Crippen molar-refractivity contribution in [3.8, 4) is 0 Å². The molecule has 1 saturated carbocycles. The van der Waals surface area contributed by atoms with Crippen LogP contribution in [0.2, 0.25) is 0 Å². The number of aromatic nitrogens is 1. The van der Waals surface area contributed by atoms with Crippen LogP contribution in [0.1, 0.15) is 19.0 Å². The van der Waals surface area contributed by atoms with Crippen molar-refractivity contribution in [3.63, 3.8) is 0 Å². The van der Waals surface area contributed by atoms with Gasteiger partial charge in [-0.15, -0.1) is 11.8 Å². The number of hydrogen-bond acceptors (Lipinski definition) is 5. The molecule has 0 N–H and O–H groups in total. The molecule has 28 heavy (non-hydrogen) atoms. The lowest BCUT2D eigenvalue weighted by Crippen LogP contribution is -2.42. The monoisotopic (exact) mass is 402 g/mol. The first-order valence-corrected chi connectivity index (χ1v) is 10.00. The molecule has 0 saturated heterocycles. The molecule has 1 aliphatic carbocycles. The third-order valence-electron chi connectivity index (χ3n) is 5.72. The van der Waals surface area contributed by atoms with Gasteiger partial charge in [-0.3, -0.25) is 15.0 Å². The molecular formula is C20H17F3N4S. The fourth-order valence-corrected chi connectivity index (χ4v) is 5.12. The van der Waals surface area contributed by atoms with E-state index in [2.05, 4.69) is 16.9 Å². The van der Waals surface area contributed by atoms with Crippen LogP contribution in [0.15, 0.2) is 57.1 Å². The van der Waals surface area contributed by atoms with Crippen LogP contribution in [0.5, 0.6) is 0 Å². The first kappa shape index (κ1) is 17.7. The molecule has 5 rings (SSSR count). The molecule has 0 radical (unpaired) electrons. The molecule has 0 bridgehead atoms. The smallest absolute Gasteiger partial charge is 0.345 e. The number of nitrogens with zero attached hydrogens (tertiary/aromatic N) is 4. The summed E-state index contributed by atoms with van der Waals surface area (Å²) in [6.45, 7) is 2.07. The number of hydrogen-bond donors (Lipinski definition) is 0. The summed E-state index contributed by atoms with van der Waals surface area (Å²) in [6, 6.07) is 7.99.